The summed E-state index contributed by atoms with van der Waals surface area (Å²) in [5.41, 5.74) is 17.2. The minimum Gasteiger partial charge on any atom is -0.331 e. The lowest BCUT2D eigenvalue weighted by Gasteiger charge is -2.31. The average molecular weight is 1040 g/mol. The fraction of sp³-hybridized carbons (Fsp3) is 0.0800. The van der Waals surface area contributed by atoms with E-state index in [1.165, 1.54) is 87.8 Å². The molecule has 4 aromatic heterocycles. The topological polar surface area (TPSA) is 53.5 Å². The lowest BCUT2D eigenvalue weighted by atomic mass is 9.90. The van der Waals surface area contributed by atoms with Crippen molar-refractivity contribution < 1.29 is 0 Å². The van der Waals surface area contributed by atoms with E-state index in [0.29, 0.717) is 17.5 Å². The van der Waals surface area contributed by atoms with Gasteiger partial charge in [-0.3, -0.25) is 0 Å². The molecule has 0 aliphatic carbocycles. The molecule has 6 heteroatoms. The van der Waals surface area contributed by atoms with Crippen molar-refractivity contribution >= 4 is 65.4 Å². The van der Waals surface area contributed by atoms with E-state index in [0.717, 1.165) is 33.4 Å². The fourth-order valence-electron chi connectivity index (χ4n) is 12.8. The first kappa shape index (κ1) is 48.0. The summed E-state index contributed by atoms with van der Waals surface area (Å²) in [5.74, 6) is 1.90. The standard InChI is InChI=1S/C75H56N6/c1-74(2,80-67-31-19-17-29-59(67)61-41-35-54(45-69(61)80)49-21-9-5-10-22-49)56-37-43-65-63(47-56)64-48-57(75(3,4)81-68-32-20-18-30-60(68)62-42-36-55(46-70(62)81)50-23-11-6-12-24-50)38-44-66(64)79(65)58-39-33-53(34-40-58)73-77-71(51-25-13-7-14-26-51)76-72(78-73)52-27-15-8-16-28-52/h5-48H,1-4H3. The molecule has 0 atom stereocenters. The molecule has 0 bridgehead atoms. The first-order valence-electron chi connectivity index (χ1n) is 27.9. The number of rotatable bonds is 10. The van der Waals surface area contributed by atoms with Gasteiger partial charge >= 0.3 is 0 Å². The number of benzene rings is 11. The molecule has 6 nitrogen and oxygen atoms in total. The van der Waals surface area contributed by atoms with Crippen molar-refractivity contribution in [1.29, 1.82) is 0 Å². The van der Waals surface area contributed by atoms with Crippen LogP contribution in [0, 0.1) is 0 Å². The molecular formula is C75H56N6. The van der Waals surface area contributed by atoms with Gasteiger partial charge in [-0.05, 0) is 134 Å². The van der Waals surface area contributed by atoms with E-state index < -0.39 is 11.1 Å². The van der Waals surface area contributed by atoms with Crippen LogP contribution in [0.2, 0.25) is 0 Å². The summed E-state index contributed by atoms with van der Waals surface area (Å²) < 4.78 is 7.56. The summed E-state index contributed by atoms with van der Waals surface area (Å²) in [6.45, 7) is 9.50. The smallest absolute Gasteiger partial charge is 0.164 e. The van der Waals surface area contributed by atoms with E-state index in [1.807, 2.05) is 60.7 Å². The van der Waals surface area contributed by atoms with E-state index in [9.17, 15) is 0 Å². The molecule has 0 aliphatic heterocycles. The number of para-hydroxylation sites is 2. The van der Waals surface area contributed by atoms with E-state index in [-0.39, 0.29) is 0 Å². The van der Waals surface area contributed by atoms with Gasteiger partial charge in [0.1, 0.15) is 0 Å². The zero-order valence-electron chi connectivity index (χ0n) is 45.6. The van der Waals surface area contributed by atoms with Gasteiger partial charge in [-0.1, -0.05) is 194 Å². The highest BCUT2D eigenvalue weighted by Crippen LogP contribution is 2.45. The Balaban J connectivity index is 0.924. The first-order valence-corrected chi connectivity index (χ1v) is 27.9. The van der Waals surface area contributed by atoms with Gasteiger partial charge in [0.2, 0.25) is 0 Å². The van der Waals surface area contributed by atoms with E-state index in [1.54, 1.807) is 0 Å². The average Bonchev–Trinajstić information content (AvgIpc) is 4.29. The number of hydrogen-bond acceptors (Lipinski definition) is 3. The number of nitrogens with zero attached hydrogens (tertiary/aromatic N) is 6. The molecule has 0 fully saturated rings. The maximum atomic E-state index is 5.08. The zero-order valence-corrected chi connectivity index (χ0v) is 45.6. The van der Waals surface area contributed by atoms with E-state index in [4.69, 9.17) is 15.0 Å². The molecular weight excluding hydrogens is 985 g/mol. The summed E-state index contributed by atoms with van der Waals surface area (Å²) in [4.78, 5) is 15.1. The molecule has 0 aliphatic rings. The second kappa shape index (κ2) is 18.8. The third-order valence-corrected chi connectivity index (χ3v) is 16.9. The maximum Gasteiger partial charge on any atom is 0.164 e. The Morgan fingerprint density at radius 3 is 0.988 bits per heavy atom. The third kappa shape index (κ3) is 7.89. The number of aromatic nitrogens is 6. The van der Waals surface area contributed by atoms with Gasteiger partial charge in [-0.15, -0.1) is 0 Å². The van der Waals surface area contributed by atoms with Gasteiger partial charge in [0.15, 0.2) is 17.5 Å². The van der Waals surface area contributed by atoms with Gasteiger partial charge in [0.25, 0.3) is 0 Å². The predicted molar refractivity (Wildman–Crippen MR) is 337 cm³/mol. The van der Waals surface area contributed by atoms with Crippen LogP contribution >= 0.6 is 0 Å². The van der Waals surface area contributed by atoms with Gasteiger partial charge in [-0.25, -0.2) is 15.0 Å². The maximum absolute atomic E-state index is 5.08. The van der Waals surface area contributed by atoms with E-state index >= 15 is 0 Å². The molecule has 11 aromatic carbocycles. The summed E-state index contributed by atoms with van der Waals surface area (Å²) >= 11 is 0. The van der Waals surface area contributed by atoms with Crippen molar-refractivity contribution in [3.63, 3.8) is 0 Å². The molecule has 0 amide bonds. The van der Waals surface area contributed by atoms with Crippen LogP contribution in [0.1, 0.15) is 38.8 Å². The molecule has 81 heavy (non-hydrogen) atoms. The summed E-state index contributed by atoms with van der Waals surface area (Å²) in [6.07, 6.45) is 0. The highest BCUT2D eigenvalue weighted by molar-refractivity contribution is 6.12. The van der Waals surface area contributed by atoms with Crippen molar-refractivity contribution in [2.75, 3.05) is 0 Å². The molecule has 386 valence electrons. The minimum absolute atomic E-state index is 0.473. The Morgan fingerprint density at radius 1 is 0.247 bits per heavy atom. The van der Waals surface area contributed by atoms with Crippen LogP contribution in [0.3, 0.4) is 0 Å². The second-order valence-electron chi connectivity index (χ2n) is 22.4. The van der Waals surface area contributed by atoms with Crippen LogP contribution in [0.5, 0.6) is 0 Å². The monoisotopic (exact) mass is 1040 g/mol. The molecule has 4 heterocycles. The second-order valence-corrected chi connectivity index (χ2v) is 22.4. The Bertz CT molecular complexity index is 4610. The SMILES string of the molecule is CC(C)(c1ccc2c(c1)c1cc(C(C)(C)n3c4ccccc4c4ccc(-c5ccccc5)cc43)ccc1n2-c1ccc(-c2nc(-c3ccccc3)nc(-c3ccccc3)n2)cc1)n1c2ccccc2c2ccc(-c3ccccc3)cc21. The molecule has 0 unspecified atom stereocenters. The van der Waals surface area contributed by atoms with Crippen molar-refractivity contribution in [2.45, 2.75) is 38.8 Å². The van der Waals surface area contributed by atoms with Crippen LogP contribution in [0.4, 0.5) is 0 Å². The molecule has 0 saturated heterocycles. The van der Waals surface area contributed by atoms with Gasteiger partial charge in [0.05, 0.1) is 33.1 Å². The Morgan fingerprint density at radius 2 is 0.580 bits per heavy atom. The normalized spacial score (nSPS) is 12.2. The summed E-state index contributed by atoms with van der Waals surface area (Å²) in [7, 11) is 0. The van der Waals surface area contributed by atoms with Crippen LogP contribution in [-0.4, -0.2) is 28.7 Å². The molecule has 15 rings (SSSR count). The van der Waals surface area contributed by atoms with Crippen LogP contribution in [-0.2, 0) is 11.1 Å². The number of hydrogen-bond donors (Lipinski definition) is 0. The first-order chi connectivity index (χ1) is 39.7. The van der Waals surface area contributed by atoms with Crippen LogP contribution in [0.25, 0.3) is 128 Å². The Hall–Kier alpha value is -10.2. The largest absolute Gasteiger partial charge is 0.331 e. The molecule has 0 N–H and O–H groups in total. The molecule has 0 spiro atoms. The Kier molecular flexibility index (Phi) is 11.1. The van der Waals surface area contributed by atoms with Gasteiger partial charge in [-0.2, -0.15) is 0 Å². The molecule has 0 saturated carbocycles. The van der Waals surface area contributed by atoms with Crippen LogP contribution in [0.15, 0.2) is 267 Å². The van der Waals surface area contributed by atoms with E-state index in [2.05, 4.69) is 248 Å². The van der Waals surface area contributed by atoms with Crippen molar-refractivity contribution in [1.82, 2.24) is 28.7 Å². The summed E-state index contributed by atoms with van der Waals surface area (Å²) in [6, 6.07) is 96.5. The number of fused-ring (bicyclic) bond motifs is 9. The Labute approximate surface area is 470 Å². The highest BCUT2D eigenvalue weighted by Gasteiger charge is 2.31. The van der Waals surface area contributed by atoms with Crippen molar-refractivity contribution in [3.8, 4) is 62.1 Å². The highest BCUT2D eigenvalue weighted by atomic mass is 15.1. The minimum atomic E-state index is -0.473. The molecule has 15 aromatic rings. The lowest BCUT2D eigenvalue weighted by molar-refractivity contribution is 0.465. The predicted octanol–water partition coefficient (Wildman–Crippen LogP) is 19.1. The van der Waals surface area contributed by atoms with Gasteiger partial charge < -0.3 is 13.7 Å². The van der Waals surface area contributed by atoms with Crippen molar-refractivity contribution in [3.05, 3.63) is 278 Å². The lowest BCUT2D eigenvalue weighted by Crippen LogP contribution is -2.27. The fourth-order valence-corrected chi connectivity index (χ4v) is 12.8. The van der Waals surface area contributed by atoms with Gasteiger partial charge in [0, 0.05) is 65.7 Å². The molecule has 0 radical (unpaired) electrons. The van der Waals surface area contributed by atoms with Crippen LogP contribution < -0.4 is 0 Å². The summed E-state index contributed by atoms with van der Waals surface area (Å²) in [5, 5.41) is 7.37. The quantitative estimate of drug-likeness (QED) is 0.137. The van der Waals surface area contributed by atoms with Crippen molar-refractivity contribution in [2.24, 2.45) is 0 Å². The zero-order chi connectivity index (χ0) is 54.4. The third-order valence-electron chi connectivity index (χ3n) is 16.9.